The number of hydrogen-bond donors (Lipinski definition) is 1. The van der Waals surface area contributed by atoms with Gasteiger partial charge in [0.15, 0.2) is 0 Å². The van der Waals surface area contributed by atoms with Gasteiger partial charge in [0.25, 0.3) is 0 Å². The van der Waals surface area contributed by atoms with E-state index in [4.69, 9.17) is 10.2 Å². The number of rotatable bonds is 1. The molecule has 1 heterocycles. The summed E-state index contributed by atoms with van der Waals surface area (Å²) in [5, 5.41) is 2.29. The van der Waals surface area contributed by atoms with Gasteiger partial charge < -0.3 is 10.2 Å². The quantitative estimate of drug-likeness (QED) is 0.487. The summed E-state index contributed by atoms with van der Waals surface area (Å²) in [7, 11) is 0. The standard InChI is InChI=1S/C19H15NO/c1-12-14(6-4-7-17(12)20)13-9-10-19-16(11-13)15-5-2-3-8-18(15)21-19/h2-11H,20H2,1H3. The predicted molar refractivity (Wildman–Crippen MR) is 88.3 cm³/mol. The third-order valence-corrected chi connectivity index (χ3v) is 4.06. The molecule has 0 saturated heterocycles. The molecule has 2 N–H and O–H groups in total. The van der Waals surface area contributed by atoms with Crippen molar-refractivity contribution < 1.29 is 4.42 Å². The average Bonchev–Trinajstić information content (AvgIpc) is 2.88. The number of nitrogen functional groups attached to an aromatic ring is 1. The van der Waals surface area contributed by atoms with E-state index in [-0.39, 0.29) is 0 Å². The van der Waals surface area contributed by atoms with Gasteiger partial charge in [-0.1, -0.05) is 36.4 Å². The molecule has 0 bridgehead atoms. The molecule has 3 aromatic carbocycles. The molecule has 4 rings (SSSR count). The lowest BCUT2D eigenvalue weighted by Gasteiger charge is -2.08. The summed E-state index contributed by atoms with van der Waals surface area (Å²) in [4.78, 5) is 0. The molecular weight excluding hydrogens is 258 g/mol. The first-order chi connectivity index (χ1) is 10.2. The number of benzene rings is 3. The van der Waals surface area contributed by atoms with E-state index < -0.39 is 0 Å². The van der Waals surface area contributed by atoms with Crippen molar-refractivity contribution in [2.75, 3.05) is 5.73 Å². The fraction of sp³-hybridized carbons (Fsp3) is 0.0526. The second kappa shape index (κ2) is 4.38. The van der Waals surface area contributed by atoms with Crippen LogP contribution >= 0.6 is 0 Å². The van der Waals surface area contributed by atoms with Gasteiger partial charge in [-0.15, -0.1) is 0 Å². The smallest absolute Gasteiger partial charge is 0.135 e. The molecule has 0 fully saturated rings. The highest BCUT2D eigenvalue weighted by molar-refractivity contribution is 6.06. The van der Waals surface area contributed by atoms with Gasteiger partial charge in [0.2, 0.25) is 0 Å². The first-order valence-corrected chi connectivity index (χ1v) is 7.01. The fourth-order valence-corrected chi connectivity index (χ4v) is 2.86. The Morgan fingerprint density at radius 3 is 2.52 bits per heavy atom. The van der Waals surface area contributed by atoms with Crippen molar-refractivity contribution in [3.05, 3.63) is 66.2 Å². The van der Waals surface area contributed by atoms with Gasteiger partial charge in [0, 0.05) is 16.5 Å². The van der Waals surface area contributed by atoms with Crippen molar-refractivity contribution in [2.24, 2.45) is 0 Å². The Hall–Kier alpha value is -2.74. The van der Waals surface area contributed by atoms with E-state index in [2.05, 4.69) is 31.2 Å². The predicted octanol–water partition coefficient (Wildman–Crippen LogP) is 5.14. The molecular formula is C19H15NO. The van der Waals surface area contributed by atoms with Gasteiger partial charge in [-0.25, -0.2) is 0 Å². The normalized spacial score (nSPS) is 11.3. The number of furan rings is 1. The van der Waals surface area contributed by atoms with Gasteiger partial charge in [-0.3, -0.25) is 0 Å². The van der Waals surface area contributed by atoms with E-state index in [1.54, 1.807) is 0 Å². The molecule has 0 unspecified atom stereocenters. The van der Waals surface area contributed by atoms with Crippen LogP contribution in [0.25, 0.3) is 33.1 Å². The minimum atomic E-state index is 0.824. The molecule has 0 amide bonds. The van der Waals surface area contributed by atoms with Crippen LogP contribution in [0.15, 0.2) is 65.1 Å². The van der Waals surface area contributed by atoms with Crippen LogP contribution in [0.5, 0.6) is 0 Å². The highest BCUT2D eigenvalue weighted by Crippen LogP contribution is 2.34. The molecule has 1 aromatic heterocycles. The molecule has 2 nitrogen and oxygen atoms in total. The van der Waals surface area contributed by atoms with E-state index >= 15 is 0 Å². The highest BCUT2D eigenvalue weighted by atomic mass is 16.3. The lowest BCUT2D eigenvalue weighted by atomic mass is 9.98. The van der Waals surface area contributed by atoms with E-state index in [0.717, 1.165) is 33.2 Å². The van der Waals surface area contributed by atoms with Crippen molar-refractivity contribution in [2.45, 2.75) is 6.92 Å². The zero-order valence-corrected chi connectivity index (χ0v) is 11.8. The molecule has 21 heavy (non-hydrogen) atoms. The molecule has 2 heteroatoms. The third-order valence-electron chi connectivity index (χ3n) is 4.06. The van der Waals surface area contributed by atoms with Crippen molar-refractivity contribution in [3.63, 3.8) is 0 Å². The zero-order chi connectivity index (χ0) is 14.4. The summed E-state index contributed by atoms with van der Waals surface area (Å²) < 4.78 is 5.87. The summed E-state index contributed by atoms with van der Waals surface area (Å²) in [6.45, 7) is 2.06. The van der Waals surface area contributed by atoms with Crippen LogP contribution in [-0.2, 0) is 0 Å². The SMILES string of the molecule is Cc1c(N)cccc1-c1ccc2oc3ccccc3c2c1. The van der Waals surface area contributed by atoms with Crippen LogP contribution in [0.1, 0.15) is 5.56 Å². The van der Waals surface area contributed by atoms with Crippen LogP contribution in [0.3, 0.4) is 0 Å². The number of anilines is 1. The molecule has 102 valence electrons. The van der Waals surface area contributed by atoms with E-state index in [1.807, 2.05) is 36.4 Å². The summed E-state index contributed by atoms with van der Waals surface area (Å²) >= 11 is 0. The maximum absolute atomic E-state index is 6.02. The molecule has 0 aliphatic rings. The van der Waals surface area contributed by atoms with Crippen LogP contribution in [0, 0.1) is 6.92 Å². The number of nitrogens with two attached hydrogens (primary N) is 1. The van der Waals surface area contributed by atoms with Crippen LogP contribution < -0.4 is 5.73 Å². The highest BCUT2D eigenvalue weighted by Gasteiger charge is 2.09. The van der Waals surface area contributed by atoms with Crippen molar-refractivity contribution >= 4 is 27.6 Å². The topological polar surface area (TPSA) is 39.2 Å². The monoisotopic (exact) mass is 273 g/mol. The van der Waals surface area contributed by atoms with Crippen molar-refractivity contribution in [1.82, 2.24) is 0 Å². The van der Waals surface area contributed by atoms with Gasteiger partial charge in [-0.2, -0.15) is 0 Å². The lowest BCUT2D eigenvalue weighted by molar-refractivity contribution is 0.669. The van der Waals surface area contributed by atoms with E-state index in [0.29, 0.717) is 0 Å². The van der Waals surface area contributed by atoms with E-state index in [1.165, 1.54) is 11.1 Å². The van der Waals surface area contributed by atoms with Crippen LogP contribution in [0.2, 0.25) is 0 Å². The van der Waals surface area contributed by atoms with Gasteiger partial charge >= 0.3 is 0 Å². The summed E-state index contributed by atoms with van der Waals surface area (Å²) in [5.74, 6) is 0. The summed E-state index contributed by atoms with van der Waals surface area (Å²) in [5.41, 5.74) is 12.1. The second-order valence-corrected chi connectivity index (χ2v) is 5.33. The Kier molecular flexibility index (Phi) is 2.51. The lowest BCUT2D eigenvalue weighted by Crippen LogP contribution is -1.91. The number of para-hydroxylation sites is 1. The number of hydrogen-bond acceptors (Lipinski definition) is 2. The molecule has 0 spiro atoms. The Labute approximate surface area is 122 Å². The van der Waals surface area contributed by atoms with Gasteiger partial charge in [0.1, 0.15) is 11.2 Å². The van der Waals surface area contributed by atoms with Crippen LogP contribution in [0.4, 0.5) is 5.69 Å². The second-order valence-electron chi connectivity index (χ2n) is 5.33. The van der Waals surface area contributed by atoms with Gasteiger partial charge in [0.05, 0.1) is 0 Å². The first kappa shape index (κ1) is 12.0. The maximum Gasteiger partial charge on any atom is 0.135 e. The van der Waals surface area contributed by atoms with Crippen molar-refractivity contribution in [1.29, 1.82) is 0 Å². The molecule has 4 aromatic rings. The Morgan fingerprint density at radius 2 is 1.62 bits per heavy atom. The molecule has 0 radical (unpaired) electrons. The molecule has 0 saturated carbocycles. The van der Waals surface area contributed by atoms with E-state index in [9.17, 15) is 0 Å². The summed E-state index contributed by atoms with van der Waals surface area (Å²) in [6.07, 6.45) is 0. The summed E-state index contributed by atoms with van der Waals surface area (Å²) in [6, 6.07) is 20.5. The first-order valence-electron chi connectivity index (χ1n) is 7.01. The van der Waals surface area contributed by atoms with Gasteiger partial charge in [-0.05, 0) is 47.9 Å². The fourth-order valence-electron chi connectivity index (χ4n) is 2.86. The van der Waals surface area contributed by atoms with Crippen LogP contribution in [-0.4, -0.2) is 0 Å². The third kappa shape index (κ3) is 1.80. The number of fused-ring (bicyclic) bond motifs is 3. The minimum absolute atomic E-state index is 0.824. The largest absolute Gasteiger partial charge is 0.456 e. The van der Waals surface area contributed by atoms with Crippen molar-refractivity contribution in [3.8, 4) is 11.1 Å². The molecule has 0 aliphatic heterocycles. The molecule has 0 aliphatic carbocycles. The maximum atomic E-state index is 6.02. The minimum Gasteiger partial charge on any atom is -0.456 e. The average molecular weight is 273 g/mol. The Balaban J connectivity index is 2.02. The Morgan fingerprint density at radius 1 is 0.810 bits per heavy atom. The Bertz CT molecular complexity index is 966. The molecule has 0 atom stereocenters. The zero-order valence-electron chi connectivity index (χ0n) is 11.8.